The number of anilines is 1. The van der Waals surface area contributed by atoms with Gasteiger partial charge >= 0.3 is 0 Å². The van der Waals surface area contributed by atoms with Crippen molar-refractivity contribution in [3.05, 3.63) is 52.5 Å². The van der Waals surface area contributed by atoms with Crippen LogP contribution in [0.25, 0.3) is 0 Å². The van der Waals surface area contributed by atoms with E-state index in [0.717, 1.165) is 5.75 Å². The van der Waals surface area contributed by atoms with Gasteiger partial charge in [-0.2, -0.15) is 0 Å². The summed E-state index contributed by atoms with van der Waals surface area (Å²) < 4.78 is 10.9. The third-order valence-electron chi connectivity index (χ3n) is 3.00. The predicted octanol–water partition coefficient (Wildman–Crippen LogP) is 4.80. The van der Waals surface area contributed by atoms with Gasteiger partial charge in [0.15, 0.2) is 6.10 Å². The van der Waals surface area contributed by atoms with Crippen molar-refractivity contribution in [2.45, 2.75) is 20.0 Å². The number of amides is 1. The molecule has 0 heterocycles. The molecule has 122 valence electrons. The van der Waals surface area contributed by atoms with Gasteiger partial charge in [0.2, 0.25) is 0 Å². The largest absolute Gasteiger partial charge is 0.494 e. The zero-order valence-electron chi connectivity index (χ0n) is 12.8. The highest BCUT2D eigenvalue weighted by Gasteiger charge is 2.16. The Hall–Kier alpha value is -1.91. The van der Waals surface area contributed by atoms with Crippen LogP contribution in [-0.4, -0.2) is 18.6 Å². The summed E-state index contributed by atoms with van der Waals surface area (Å²) in [5, 5.41) is 3.64. The SMILES string of the molecule is CCOc1ccc(NC(=O)C(C)Oc2ccc(Cl)cc2Cl)cc1. The normalized spacial score (nSPS) is 11.7. The monoisotopic (exact) mass is 353 g/mol. The van der Waals surface area contributed by atoms with E-state index in [4.69, 9.17) is 32.7 Å². The molecular weight excluding hydrogens is 337 g/mol. The van der Waals surface area contributed by atoms with Gasteiger partial charge in [0.05, 0.1) is 11.6 Å². The second kappa shape index (κ2) is 8.09. The third kappa shape index (κ3) is 5.05. The summed E-state index contributed by atoms with van der Waals surface area (Å²) in [5.74, 6) is 0.883. The fourth-order valence-electron chi connectivity index (χ4n) is 1.86. The minimum Gasteiger partial charge on any atom is -0.494 e. The lowest BCUT2D eigenvalue weighted by atomic mass is 10.2. The summed E-state index contributed by atoms with van der Waals surface area (Å²) >= 11 is 11.9. The number of carbonyl (C=O) groups is 1. The molecule has 4 nitrogen and oxygen atoms in total. The highest BCUT2D eigenvalue weighted by atomic mass is 35.5. The molecule has 0 saturated carbocycles. The van der Waals surface area contributed by atoms with Crippen LogP contribution in [0, 0.1) is 0 Å². The van der Waals surface area contributed by atoms with Crippen LogP contribution in [0.15, 0.2) is 42.5 Å². The molecule has 0 spiro atoms. The number of ether oxygens (including phenoxy) is 2. The summed E-state index contributed by atoms with van der Waals surface area (Å²) in [6.07, 6.45) is -0.708. The molecule has 1 amide bonds. The average molecular weight is 354 g/mol. The van der Waals surface area contributed by atoms with Gasteiger partial charge in [-0.15, -0.1) is 0 Å². The third-order valence-corrected chi connectivity index (χ3v) is 3.53. The molecule has 0 aliphatic heterocycles. The van der Waals surface area contributed by atoms with Crippen molar-refractivity contribution in [3.63, 3.8) is 0 Å². The molecule has 23 heavy (non-hydrogen) atoms. The van der Waals surface area contributed by atoms with Crippen LogP contribution in [0.4, 0.5) is 5.69 Å². The Kier molecular flexibility index (Phi) is 6.13. The fourth-order valence-corrected chi connectivity index (χ4v) is 2.31. The summed E-state index contributed by atoms with van der Waals surface area (Å²) in [7, 11) is 0. The second-order valence-corrected chi connectivity index (χ2v) is 5.63. The number of nitrogens with one attached hydrogen (secondary N) is 1. The molecule has 0 fully saturated rings. The Morgan fingerprint density at radius 3 is 2.48 bits per heavy atom. The predicted molar refractivity (Wildman–Crippen MR) is 92.8 cm³/mol. The molecule has 1 unspecified atom stereocenters. The van der Waals surface area contributed by atoms with Crippen LogP contribution in [0.2, 0.25) is 10.0 Å². The van der Waals surface area contributed by atoms with Crippen molar-refractivity contribution in [2.75, 3.05) is 11.9 Å². The summed E-state index contributed by atoms with van der Waals surface area (Å²) in [5.41, 5.74) is 0.663. The first-order valence-electron chi connectivity index (χ1n) is 7.15. The van der Waals surface area contributed by atoms with Crippen molar-refractivity contribution in [1.29, 1.82) is 0 Å². The minimum absolute atomic E-state index is 0.278. The average Bonchev–Trinajstić information content (AvgIpc) is 2.52. The standard InChI is InChI=1S/C17H17Cl2NO3/c1-3-22-14-7-5-13(6-8-14)20-17(21)11(2)23-16-9-4-12(18)10-15(16)19/h4-11H,3H2,1-2H3,(H,20,21). The molecule has 2 aromatic carbocycles. The summed E-state index contributed by atoms with van der Waals surface area (Å²) in [6.45, 7) is 4.16. The molecule has 6 heteroatoms. The van der Waals surface area contributed by atoms with E-state index in [2.05, 4.69) is 5.32 Å². The molecule has 0 radical (unpaired) electrons. The van der Waals surface area contributed by atoms with E-state index in [1.165, 1.54) is 0 Å². The topological polar surface area (TPSA) is 47.6 Å². The van der Waals surface area contributed by atoms with E-state index in [1.807, 2.05) is 6.92 Å². The van der Waals surface area contributed by atoms with Gasteiger partial charge in [-0.05, 0) is 56.3 Å². The molecule has 0 aromatic heterocycles. The van der Waals surface area contributed by atoms with Crippen LogP contribution in [0.5, 0.6) is 11.5 Å². The molecule has 0 aliphatic carbocycles. The Balaban J connectivity index is 1.96. The molecular formula is C17H17Cl2NO3. The van der Waals surface area contributed by atoms with Crippen molar-refractivity contribution in [2.24, 2.45) is 0 Å². The van der Waals surface area contributed by atoms with Crippen LogP contribution >= 0.6 is 23.2 Å². The molecule has 0 aliphatic rings. The Bertz CT molecular complexity index is 674. The first-order valence-corrected chi connectivity index (χ1v) is 7.90. The number of halogens is 2. The second-order valence-electron chi connectivity index (χ2n) is 4.78. The summed E-state index contributed by atoms with van der Waals surface area (Å²) in [4.78, 5) is 12.2. The van der Waals surface area contributed by atoms with E-state index in [1.54, 1.807) is 49.4 Å². The van der Waals surface area contributed by atoms with E-state index < -0.39 is 6.10 Å². The van der Waals surface area contributed by atoms with E-state index >= 15 is 0 Å². The first-order chi connectivity index (χ1) is 11.0. The van der Waals surface area contributed by atoms with Gasteiger partial charge in [0, 0.05) is 10.7 Å². The van der Waals surface area contributed by atoms with Gasteiger partial charge in [0.25, 0.3) is 5.91 Å². The maximum absolute atomic E-state index is 12.2. The molecule has 0 bridgehead atoms. The van der Waals surface area contributed by atoms with Crippen molar-refractivity contribution < 1.29 is 14.3 Å². The van der Waals surface area contributed by atoms with E-state index in [0.29, 0.717) is 28.1 Å². The van der Waals surface area contributed by atoms with E-state index in [-0.39, 0.29) is 5.91 Å². The van der Waals surface area contributed by atoms with Crippen molar-refractivity contribution in [3.8, 4) is 11.5 Å². The van der Waals surface area contributed by atoms with Gasteiger partial charge in [-0.1, -0.05) is 23.2 Å². The number of benzene rings is 2. The zero-order valence-corrected chi connectivity index (χ0v) is 14.3. The first kappa shape index (κ1) is 17.4. The molecule has 2 aromatic rings. The van der Waals surface area contributed by atoms with Gasteiger partial charge < -0.3 is 14.8 Å². The quantitative estimate of drug-likeness (QED) is 0.811. The minimum atomic E-state index is -0.708. The van der Waals surface area contributed by atoms with Crippen molar-refractivity contribution >= 4 is 34.8 Å². The van der Waals surface area contributed by atoms with Crippen LogP contribution in [0.3, 0.4) is 0 Å². The van der Waals surface area contributed by atoms with E-state index in [9.17, 15) is 4.79 Å². The number of hydrogen-bond donors (Lipinski definition) is 1. The highest BCUT2D eigenvalue weighted by molar-refractivity contribution is 6.35. The van der Waals surface area contributed by atoms with Crippen LogP contribution < -0.4 is 14.8 Å². The Morgan fingerprint density at radius 1 is 1.17 bits per heavy atom. The lowest BCUT2D eigenvalue weighted by molar-refractivity contribution is -0.122. The Morgan fingerprint density at radius 2 is 1.87 bits per heavy atom. The zero-order chi connectivity index (χ0) is 16.8. The highest BCUT2D eigenvalue weighted by Crippen LogP contribution is 2.28. The molecule has 0 saturated heterocycles. The van der Waals surface area contributed by atoms with Crippen molar-refractivity contribution in [1.82, 2.24) is 0 Å². The molecule has 1 atom stereocenters. The molecule has 2 rings (SSSR count). The Labute approximate surface area is 145 Å². The number of hydrogen-bond acceptors (Lipinski definition) is 3. The number of carbonyl (C=O) groups excluding carboxylic acids is 1. The maximum atomic E-state index is 12.2. The lowest BCUT2D eigenvalue weighted by Crippen LogP contribution is -2.30. The fraction of sp³-hybridized carbons (Fsp3) is 0.235. The molecule has 1 N–H and O–H groups in total. The van der Waals surface area contributed by atoms with Gasteiger partial charge in [0.1, 0.15) is 11.5 Å². The van der Waals surface area contributed by atoms with Crippen LogP contribution in [-0.2, 0) is 4.79 Å². The maximum Gasteiger partial charge on any atom is 0.265 e. The number of rotatable bonds is 6. The van der Waals surface area contributed by atoms with Gasteiger partial charge in [-0.3, -0.25) is 4.79 Å². The smallest absolute Gasteiger partial charge is 0.265 e. The summed E-state index contributed by atoms with van der Waals surface area (Å²) in [6, 6.07) is 12.0. The lowest BCUT2D eigenvalue weighted by Gasteiger charge is -2.16. The van der Waals surface area contributed by atoms with Gasteiger partial charge in [-0.25, -0.2) is 0 Å². The van der Waals surface area contributed by atoms with Crippen LogP contribution in [0.1, 0.15) is 13.8 Å².